The molecule has 1 aromatic carbocycles. The maximum absolute atomic E-state index is 11.1. The van der Waals surface area contributed by atoms with Gasteiger partial charge in [0.2, 0.25) is 0 Å². The summed E-state index contributed by atoms with van der Waals surface area (Å²) in [6, 6.07) is 3.47. The molecule has 0 radical (unpaired) electrons. The van der Waals surface area contributed by atoms with Gasteiger partial charge in [-0.1, -0.05) is 69.2 Å². The lowest BCUT2D eigenvalue weighted by Crippen LogP contribution is -2.28. The molecule has 0 amide bonds. The van der Waals surface area contributed by atoms with Gasteiger partial charge in [0.1, 0.15) is 11.5 Å². The summed E-state index contributed by atoms with van der Waals surface area (Å²) in [6.07, 6.45) is 1.85. The van der Waals surface area contributed by atoms with Gasteiger partial charge in [0.05, 0.1) is 0 Å². The first-order valence-electron chi connectivity index (χ1n) is 9.02. The zero-order chi connectivity index (χ0) is 19.1. The largest absolute Gasteiger partial charge is 0.508 e. The first kappa shape index (κ1) is 20.9. The van der Waals surface area contributed by atoms with Gasteiger partial charge in [-0.05, 0) is 46.6 Å². The van der Waals surface area contributed by atoms with Gasteiger partial charge >= 0.3 is 0 Å². The SMILES string of the molecule is CC(C)(C)CC(C)(C)c1cc(O)cc(C(C)(C)CC(C)(C)C)c1O. The Morgan fingerprint density at radius 2 is 0.917 bits per heavy atom. The van der Waals surface area contributed by atoms with E-state index in [4.69, 9.17) is 0 Å². The van der Waals surface area contributed by atoms with Crippen LogP contribution < -0.4 is 0 Å². The van der Waals surface area contributed by atoms with E-state index in [1.165, 1.54) is 0 Å². The van der Waals surface area contributed by atoms with E-state index in [9.17, 15) is 10.2 Å². The topological polar surface area (TPSA) is 40.5 Å². The fraction of sp³-hybridized carbons (Fsp3) is 0.727. The first-order valence-corrected chi connectivity index (χ1v) is 9.02. The highest BCUT2D eigenvalue weighted by Crippen LogP contribution is 2.47. The van der Waals surface area contributed by atoms with Crippen molar-refractivity contribution in [2.24, 2.45) is 10.8 Å². The van der Waals surface area contributed by atoms with Crippen molar-refractivity contribution in [3.05, 3.63) is 23.3 Å². The summed E-state index contributed by atoms with van der Waals surface area (Å²) < 4.78 is 0. The van der Waals surface area contributed by atoms with Crippen LogP contribution in [0.1, 0.15) is 93.2 Å². The van der Waals surface area contributed by atoms with Crippen molar-refractivity contribution >= 4 is 0 Å². The van der Waals surface area contributed by atoms with Crippen LogP contribution in [0.5, 0.6) is 11.5 Å². The number of aromatic hydroxyl groups is 2. The summed E-state index contributed by atoms with van der Waals surface area (Å²) in [4.78, 5) is 0. The molecule has 0 saturated carbocycles. The van der Waals surface area contributed by atoms with Crippen molar-refractivity contribution in [3.63, 3.8) is 0 Å². The molecule has 2 heteroatoms. The van der Waals surface area contributed by atoms with E-state index in [1.54, 1.807) is 12.1 Å². The third-order valence-corrected chi connectivity index (χ3v) is 4.50. The molecule has 1 aromatic rings. The predicted octanol–water partition coefficient (Wildman–Crippen LogP) is 6.53. The smallest absolute Gasteiger partial charge is 0.123 e. The second-order valence-electron chi connectivity index (χ2n) is 11.1. The molecule has 2 N–H and O–H groups in total. The molecule has 1 rings (SSSR count). The van der Waals surface area contributed by atoms with E-state index < -0.39 is 0 Å². The molecule has 24 heavy (non-hydrogen) atoms. The zero-order valence-corrected chi connectivity index (χ0v) is 17.5. The van der Waals surface area contributed by atoms with E-state index in [-0.39, 0.29) is 27.4 Å². The Kier molecular flexibility index (Phi) is 5.46. The number of phenolic OH excluding ortho intramolecular Hbond substituents is 2. The van der Waals surface area contributed by atoms with E-state index in [0.717, 1.165) is 24.0 Å². The van der Waals surface area contributed by atoms with Crippen LogP contribution in [0.25, 0.3) is 0 Å². The van der Waals surface area contributed by atoms with E-state index in [2.05, 4.69) is 69.2 Å². The summed E-state index contributed by atoms with van der Waals surface area (Å²) in [6.45, 7) is 21.8. The van der Waals surface area contributed by atoms with Crippen LogP contribution in [0.3, 0.4) is 0 Å². The molecule has 0 unspecified atom stereocenters. The van der Waals surface area contributed by atoms with E-state index in [0.29, 0.717) is 5.75 Å². The van der Waals surface area contributed by atoms with Crippen LogP contribution in [0, 0.1) is 10.8 Å². The van der Waals surface area contributed by atoms with Crippen molar-refractivity contribution in [3.8, 4) is 11.5 Å². The second kappa shape index (κ2) is 6.28. The van der Waals surface area contributed by atoms with Gasteiger partial charge in [-0.3, -0.25) is 0 Å². The van der Waals surface area contributed by atoms with Gasteiger partial charge in [-0.25, -0.2) is 0 Å². The average Bonchev–Trinajstić information content (AvgIpc) is 2.24. The van der Waals surface area contributed by atoms with Gasteiger partial charge in [-0.2, -0.15) is 0 Å². The molecule has 0 aromatic heterocycles. The number of hydrogen-bond donors (Lipinski definition) is 2. The molecule has 0 heterocycles. The normalized spacial score (nSPS) is 14.1. The van der Waals surface area contributed by atoms with Gasteiger partial charge < -0.3 is 10.2 Å². The number of rotatable bonds is 4. The van der Waals surface area contributed by atoms with Crippen molar-refractivity contribution < 1.29 is 10.2 Å². The fourth-order valence-electron chi connectivity index (χ4n) is 4.49. The minimum atomic E-state index is -0.215. The van der Waals surface area contributed by atoms with Crippen LogP contribution in [0.15, 0.2) is 12.1 Å². The highest BCUT2D eigenvalue weighted by molar-refractivity contribution is 5.52. The molecule has 0 atom stereocenters. The Labute approximate surface area is 149 Å². The Morgan fingerprint density at radius 3 is 1.17 bits per heavy atom. The molecule has 0 saturated heterocycles. The molecule has 0 aliphatic rings. The van der Waals surface area contributed by atoms with Crippen molar-refractivity contribution in [1.82, 2.24) is 0 Å². The van der Waals surface area contributed by atoms with Crippen LogP contribution in [0.2, 0.25) is 0 Å². The summed E-state index contributed by atoms with van der Waals surface area (Å²) in [7, 11) is 0. The monoisotopic (exact) mass is 334 g/mol. The van der Waals surface area contributed by atoms with E-state index in [1.807, 2.05) is 0 Å². The van der Waals surface area contributed by atoms with Crippen LogP contribution in [-0.4, -0.2) is 10.2 Å². The highest BCUT2D eigenvalue weighted by atomic mass is 16.3. The van der Waals surface area contributed by atoms with Gasteiger partial charge in [0.25, 0.3) is 0 Å². The maximum Gasteiger partial charge on any atom is 0.123 e. The Hall–Kier alpha value is -1.18. The number of hydrogen-bond acceptors (Lipinski definition) is 2. The Balaban J connectivity index is 3.46. The van der Waals surface area contributed by atoms with Crippen molar-refractivity contribution in [2.75, 3.05) is 0 Å². The lowest BCUT2D eigenvalue weighted by molar-refractivity contribution is 0.266. The second-order valence-corrected chi connectivity index (χ2v) is 11.1. The average molecular weight is 335 g/mol. The minimum absolute atomic E-state index is 0.141. The molecular weight excluding hydrogens is 296 g/mol. The van der Waals surface area contributed by atoms with Crippen molar-refractivity contribution in [2.45, 2.75) is 92.9 Å². The Morgan fingerprint density at radius 1 is 0.625 bits per heavy atom. The number of phenols is 2. The predicted molar refractivity (Wildman–Crippen MR) is 104 cm³/mol. The lowest BCUT2D eigenvalue weighted by Gasteiger charge is -2.37. The first-order chi connectivity index (χ1) is 10.4. The van der Waals surface area contributed by atoms with Gasteiger partial charge in [0.15, 0.2) is 0 Å². The molecule has 2 nitrogen and oxygen atoms in total. The van der Waals surface area contributed by atoms with Crippen LogP contribution >= 0.6 is 0 Å². The lowest BCUT2D eigenvalue weighted by atomic mass is 9.68. The molecule has 0 fully saturated rings. The van der Waals surface area contributed by atoms with E-state index >= 15 is 0 Å². The molecule has 0 bridgehead atoms. The van der Waals surface area contributed by atoms with Crippen molar-refractivity contribution in [1.29, 1.82) is 0 Å². The molecule has 0 spiro atoms. The molecule has 0 aliphatic carbocycles. The minimum Gasteiger partial charge on any atom is -0.508 e. The highest BCUT2D eigenvalue weighted by Gasteiger charge is 2.35. The molecule has 0 aliphatic heterocycles. The third-order valence-electron chi connectivity index (χ3n) is 4.50. The summed E-state index contributed by atoms with van der Waals surface area (Å²) in [5.41, 5.74) is 1.54. The summed E-state index contributed by atoms with van der Waals surface area (Å²) >= 11 is 0. The van der Waals surface area contributed by atoms with Gasteiger partial charge in [0, 0.05) is 11.1 Å². The third kappa shape index (κ3) is 5.43. The quantitative estimate of drug-likeness (QED) is 0.615. The van der Waals surface area contributed by atoms with Crippen LogP contribution in [-0.2, 0) is 10.8 Å². The summed E-state index contributed by atoms with van der Waals surface area (Å²) in [5.74, 6) is 0.582. The molecule has 138 valence electrons. The van der Waals surface area contributed by atoms with Crippen LogP contribution in [0.4, 0.5) is 0 Å². The maximum atomic E-state index is 11.1. The molecular formula is C22H38O2. The Bertz CT molecular complexity index is 532. The van der Waals surface area contributed by atoms with Gasteiger partial charge in [-0.15, -0.1) is 0 Å². The number of benzene rings is 1. The fourth-order valence-corrected chi connectivity index (χ4v) is 4.49. The zero-order valence-electron chi connectivity index (χ0n) is 17.5. The standard InChI is InChI=1S/C22H38O2/c1-19(2,3)13-21(7,8)16-11-15(23)12-17(18(16)24)22(9,10)14-20(4,5)6/h11-12,23-24H,13-14H2,1-10H3. The summed E-state index contributed by atoms with van der Waals surface area (Å²) in [5, 5.41) is 21.4.